The van der Waals surface area contributed by atoms with Crippen molar-refractivity contribution in [2.24, 2.45) is 4.99 Å². The molecule has 1 unspecified atom stereocenters. The molecule has 2 aromatic rings. The van der Waals surface area contributed by atoms with Crippen LogP contribution < -0.4 is 0 Å². The van der Waals surface area contributed by atoms with E-state index in [9.17, 15) is 14.7 Å². The van der Waals surface area contributed by atoms with Crippen LogP contribution in [0.25, 0.3) is 0 Å². The molecule has 0 saturated heterocycles. The molecular formula is C15H10ClNO3S. The van der Waals surface area contributed by atoms with E-state index in [0.29, 0.717) is 21.2 Å². The van der Waals surface area contributed by atoms with E-state index in [-0.39, 0.29) is 12.2 Å². The molecule has 6 heteroatoms. The highest BCUT2D eigenvalue weighted by atomic mass is 35.5. The molecule has 0 aliphatic carbocycles. The van der Waals surface area contributed by atoms with Crippen molar-refractivity contribution in [1.29, 1.82) is 0 Å². The number of rotatable bonds is 4. The third kappa shape index (κ3) is 2.28. The van der Waals surface area contributed by atoms with E-state index >= 15 is 0 Å². The monoisotopic (exact) mass is 319 g/mol. The Kier molecular flexibility index (Phi) is 3.39. The Morgan fingerprint density at radius 1 is 1.33 bits per heavy atom. The van der Waals surface area contributed by atoms with E-state index in [2.05, 4.69) is 4.99 Å². The zero-order valence-electron chi connectivity index (χ0n) is 10.7. The summed E-state index contributed by atoms with van der Waals surface area (Å²) in [6, 6.07) is 8.42. The van der Waals surface area contributed by atoms with Gasteiger partial charge in [0.25, 0.3) is 0 Å². The van der Waals surface area contributed by atoms with Crippen molar-refractivity contribution < 1.29 is 14.7 Å². The van der Waals surface area contributed by atoms with Crippen molar-refractivity contribution in [2.45, 2.75) is 11.8 Å². The number of aliphatic carboxylic acids is 1. The zero-order valence-corrected chi connectivity index (χ0v) is 12.3. The first-order valence-corrected chi connectivity index (χ1v) is 7.44. The lowest BCUT2D eigenvalue weighted by atomic mass is 9.75. The van der Waals surface area contributed by atoms with Crippen molar-refractivity contribution in [3.8, 4) is 0 Å². The fourth-order valence-electron chi connectivity index (χ4n) is 2.51. The van der Waals surface area contributed by atoms with Gasteiger partial charge in [0.15, 0.2) is 5.78 Å². The molecule has 1 aromatic heterocycles. The van der Waals surface area contributed by atoms with Crippen LogP contribution in [0.15, 0.2) is 40.7 Å². The number of hydrogen-bond donors (Lipinski definition) is 1. The average molecular weight is 320 g/mol. The van der Waals surface area contributed by atoms with Gasteiger partial charge in [-0.3, -0.25) is 14.6 Å². The molecular weight excluding hydrogens is 310 g/mol. The number of carbonyl (C=O) groups excluding carboxylic acids is 1. The van der Waals surface area contributed by atoms with Crippen molar-refractivity contribution in [3.05, 3.63) is 51.2 Å². The predicted octanol–water partition coefficient (Wildman–Crippen LogP) is 3.71. The summed E-state index contributed by atoms with van der Waals surface area (Å²) in [7, 11) is 0. The first-order chi connectivity index (χ1) is 10.0. The minimum atomic E-state index is -1.25. The number of thiophene rings is 1. The van der Waals surface area contributed by atoms with Gasteiger partial charge in [-0.15, -0.1) is 11.3 Å². The number of nitrogens with zero attached hydrogens (tertiary/aromatic N) is 1. The number of Topliss-reactive ketones (excluding diaryl/α,β-unsaturated/α-hetero) is 1. The van der Waals surface area contributed by atoms with Gasteiger partial charge in [-0.05, 0) is 29.1 Å². The van der Waals surface area contributed by atoms with Gasteiger partial charge in [-0.1, -0.05) is 23.7 Å². The summed E-state index contributed by atoms with van der Waals surface area (Å²) >= 11 is 7.22. The summed E-state index contributed by atoms with van der Waals surface area (Å²) in [5, 5.41) is 11.5. The fraction of sp³-hybridized carbons (Fsp3) is 0.133. The second kappa shape index (κ2) is 5.09. The van der Waals surface area contributed by atoms with Crippen LogP contribution in [0.4, 0.5) is 5.69 Å². The van der Waals surface area contributed by atoms with Gasteiger partial charge in [-0.25, -0.2) is 0 Å². The van der Waals surface area contributed by atoms with Crippen LogP contribution in [0, 0.1) is 0 Å². The Hall–Kier alpha value is -1.98. The molecule has 1 N–H and O–H groups in total. The fourth-order valence-corrected chi connectivity index (χ4v) is 3.42. The number of ketones is 1. The molecule has 0 bridgehead atoms. The highest BCUT2D eigenvalue weighted by molar-refractivity contribution is 7.12. The molecule has 0 fully saturated rings. The van der Waals surface area contributed by atoms with Crippen LogP contribution in [0.3, 0.4) is 0 Å². The molecule has 1 atom stereocenters. The van der Waals surface area contributed by atoms with Gasteiger partial charge < -0.3 is 5.11 Å². The Morgan fingerprint density at radius 3 is 2.81 bits per heavy atom. The zero-order chi connectivity index (χ0) is 15.0. The molecule has 2 heterocycles. The van der Waals surface area contributed by atoms with Crippen LogP contribution in [0.1, 0.15) is 21.7 Å². The average Bonchev–Trinajstić information content (AvgIpc) is 3.06. The number of carboxylic acid groups (broad SMARTS) is 1. The van der Waals surface area contributed by atoms with E-state index in [0.717, 1.165) is 0 Å². The van der Waals surface area contributed by atoms with Crippen LogP contribution >= 0.6 is 22.9 Å². The van der Waals surface area contributed by atoms with E-state index < -0.39 is 11.4 Å². The van der Waals surface area contributed by atoms with Crippen molar-refractivity contribution in [1.82, 2.24) is 0 Å². The maximum absolute atomic E-state index is 12.8. The Balaban J connectivity index is 2.16. The number of carboxylic acids is 1. The number of carbonyl (C=O) groups is 2. The highest BCUT2D eigenvalue weighted by Gasteiger charge is 2.46. The number of benzene rings is 1. The molecule has 1 aliphatic heterocycles. The lowest BCUT2D eigenvalue weighted by molar-refractivity contribution is -0.137. The molecule has 1 aliphatic rings. The van der Waals surface area contributed by atoms with Crippen molar-refractivity contribution >= 4 is 46.6 Å². The molecule has 0 spiro atoms. The maximum Gasteiger partial charge on any atom is 0.305 e. The predicted molar refractivity (Wildman–Crippen MR) is 82.2 cm³/mol. The molecule has 106 valence electrons. The number of fused-ring (bicyclic) bond motifs is 1. The molecule has 0 radical (unpaired) electrons. The van der Waals surface area contributed by atoms with Gasteiger partial charge in [-0.2, -0.15) is 0 Å². The van der Waals surface area contributed by atoms with E-state index in [4.69, 9.17) is 11.6 Å². The third-order valence-electron chi connectivity index (χ3n) is 3.44. The minimum Gasteiger partial charge on any atom is -0.481 e. The molecule has 21 heavy (non-hydrogen) atoms. The summed E-state index contributed by atoms with van der Waals surface area (Å²) in [6.45, 7) is 0. The third-order valence-corrected chi connectivity index (χ3v) is 4.55. The standard InChI is InChI=1S/C15H10ClNO3S/c16-9-3-4-10-11(6-9)17-8-15(10,7-13(18)19)14(20)12-2-1-5-21-12/h1-6,8H,7H2,(H,18,19). The van der Waals surface area contributed by atoms with Gasteiger partial charge in [0.1, 0.15) is 5.41 Å². The lowest BCUT2D eigenvalue weighted by Crippen LogP contribution is -2.37. The lowest BCUT2D eigenvalue weighted by Gasteiger charge is -2.23. The van der Waals surface area contributed by atoms with E-state index in [1.54, 1.807) is 35.7 Å². The van der Waals surface area contributed by atoms with E-state index in [1.807, 2.05) is 0 Å². The minimum absolute atomic E-state index is 0.246. The van der Waals surface area contributed by atoms with Crippen LogP contribution in [0.5, 0.6) is 0 Å². The molecule has 0 saturated carbocycles. The Bertz CT molecular complexity index is 754. The molecule has 4 nitrogen and oxygen atoms in total. The molecule has 1 aromatic carbocycles. The molecule has 3 rings (SSSR count). The van der Waals surface area contributed by atoms with Gasteiger partial charge in [0.2, 0.25) is 0 Å². The Labute approximate surface area is 129 Å². The van der Waals surface area contributed by atoms with Gasteiger partial charge >= 0.3 is 5.97 Å². The molecule has 0 amide bonds. The first-order valence-electron chi connectivity index (χ1n) is 6.18. The van der Waals surface area contributed by atoms with Crippen LogP contribution in [0.2, 0.25) is 5.02 Å². The topological polar surface area (TPSA) is 66.7 Å². The second-order valence-electron chi connectivity index (χ2n) is 4.77. The highest BCUT2D eigenvalue weighted by Crippen LogP contribution is 2.43. The first kappa shape index (κ1) is 14.0. The van der Waals surface area contributed by atoms with Gasteiger partial charge in [0.05, 0.1) is 17.0 Å². The van der Waals surface area contributed by atoms with Crippen molar-refractivity contribution in [2.75, 3.05) is 0 Å². The summed E-state index contributed by atoms with van der Waals surface area (Å²) < 4.78 is 0. The quantitative estimate of drug-likeness (QED) is 0.873. The number of hydrogen-bond acceptors (Lipinski definition) is 4. The largest absolute Gasteiger partial charge is 0.481 e. The smallest absolute Gasteiger partial charge is 0.305 e. The van der Waals surface area contributed by atoms with Crippen molar-refractivity contribution in [3.63, 3.8) is 0 Å². The normalized spacial score (nSPS) is 19.5. The van der Waals surface area contributed by atoms with Crippen LogP contribution in [-0.2, 0) is 10.2 Å². The SMILES string of the molecule is O=C(O)CC1(C(=O)c2cccs2)C=Nc2cc(Cl)ccc21. The van der Waals surface area contributed by atoms with Crippen LogP contribution in [-0.4, -0.2) is 23.1 Å². The Morgan fingerprint density at radius 2 is 2.14 bits per heavy atom. The summed E-state index contributed by atoms with van der Waals surface area (Å²) in [5.41, 5.74) is -0.113. The summed E-state index contributed by atoms with van der Waals surface area (Å²) in [4.78, 5) is 28.8. The van der Waals surface area contributed by atoms with E-state index in [1.165, 1.54) is 17.6 Å². The second-order valence-corrected chi connectivity index (χ2v) is 6.15. The summed E-state index contributed by atoms with van der Waals surface area (Å²) in [5.74, 6) is -1.29. The summed E-state index contributed by atoms with van der Waals surface area (Å²) in [6.07, 6.45) is 1.10. The number of halogens is 1. The van der Waals surface area contributed by atoms with Gasteiger partial charge in [0, 0.05) is 11.2 Å². The maximum atomic E-state index is 12.8. The number of aliphatic imine (C=N–C) groups is 1.